The molecule has 1 N–H and O–H groups in total. The van der Waals surface area contributed by atoms with Crippen LogP contribution in [0.15, 0.2) is 24.3 Å². The molecule has 0 saturated carbocycles. The number of nitrogens with one attached hydrogen (secondary N) is 1. The van der Waals surface area contributed by atoms with Gasteiger partial charge >= 0.3 is 0 Å². The van der Waals surface area contributed by atoms with E-state index < -0.39 is 0 Å². The first-order chi connectivity index (χ1) is 10.2. The van der Waals surface area contributed by atoms with E-state index in [0.717, 1.165) is 6.54 Å². The maximum Gasteiger partial charge on any atom is 0.0366 e. The van der Waals surface area contributed by atoms with Crippen LogP contribution in [-0.4, -0.2) is 30.2 Å². The first-order valence-electron chi connectivity index (χ1n) is 8.60. The molecule has 116 valence electrons. The maximum absolute atomic E-state index is 3.65. The van der Waals surface area contributed by atoms with Crippen molar-refractivity contribution in [3.05, 3.63) is 29.8 Å². The van der Waals surface area contributed by atoms with Gasteiger partial charge in [0.25, 0.3) is 0 Å². The molecule has 0 spiro atoms. The van der Waals surface area contributed by atoms with Crippen molar-refractivity contribution >= 4 is 5.69 Å². The second-order valence-corrected chi connectivity index (χ2v) is 6.73. The predicted molar refractivity (Wildman–Crippen MR) is 89.3 cm³/mol. The summed E-state index contributed by atoms with van der Waals surface area (Å²) >= 11 is 0. The van der Waals surface area contributed by atoms with Gasteiger partial charge in [0, 0.05) is 37.4 Å². The molecule has 2 fully saturated rings. The molecule has 0 bridgehead atoms. The maximum atomic E-state index is 3.65. The molecule has 1 aromatic carbocycles. The van der Waals surface area contributed by atoms with Gasteiger partial charge in [0.2, 0.25) is 0 Å². The number of benzene rings is 1. The average Bonchev–Trinajstić information content (AvgIpc) is 3.02. The Balaban J connectivity index is 1.55. The van der Waals surface area contributed by atoms with Crippen molar-refractivity contribution in [1.82, 2.24) is 10.4 Å². The Kier molecular flexibility index (Phi) is 4.81. The van der Waals surface area contributed by atoms with Gasteiger partial charge in [0.05, 0.1) is 0 Å². The van der Waals surface area contributed by atoms with E-state index in [9.17, 15) is 0 Å². The van der Waals surface area contributed by atoms with Crippen LogP contribution in [0.3, 0.4) is 0 Å². The zero-order valence-electron chi connectivity index (χ0n) is 13.5. The van der Waals surface area contributed by atoms with Crippen LogP contribution in [0.4, 0.5) is 5.69 Å². The largest absolute Gasteiger partial charge is 0.372 e. The molecule has 2 heterocycles. The molecule has 2 atom stereocenters. The third-order valence-electron chi connectivity index (χ3n) is 5.07. The van der Waals surface area contributed by atoms with Crippen molar-refractivity contribution in [2.24, 2.45) is 0 Å². The highest BCUT2D eigenvalue weighted by Crippen LogP contribution is 2.22. The fraction of sp³-hybridized carbons (Fsp3) is 0.667. The predicted octanol–water partition coefficient (Wildman–Crippen LogP) is 3.55. The van der Waals surface area contributed by atoms with Crippen LogP contribution in [0, 0.1) is 0 Å². The summed E-state index contributed by atoms with van der Waals surface area (Å²) in [5.41, 5.74) is 6.41. The van der Waals surface area contributed by atoms with Crippen molar-refractivity contribution < 1.29 is 0 Å². The van der Waals surface area contributed by atoms with Gasteiger partial charge in [-0.1, -0.05) is 18.6 Å². The van der Waals surface area contributed by atoms with Gasteiger partial charge in [-0.15, -0.1) is 0 Å². The lowest BCUT2D eigenvalue weighted by atomic mass is 10.00. The number of hydrogen-bond donors (Lipinski definition) is 1. The van der Waals surface area contributed by atoms with Gasteiger partial charge < -0.3 is 4.90 Å². The zero-order valence-corrected chi connectivity index (χ0v) is 13.5. The number of nitrogens with zero attached hydrogens (tertiary/aromatic N) is 2. The Morgan fingerprint density at radius 1 is 0.952 bits per heavy atom. The Labute approximate surface area is 129 Å². The summed E-state index contributed by atoms with van der Waals surface area (Å²) in [6.45, 7) is 8.05. The van der Waals surface area contributed by atoms with E-state index in [1.54, 1.807) is 0 Å². The monoisotopic (exact) mass is 287 g/mol. The standard InChI is InChI=1S/C18H29N3/c1-15-6-5-7-16(2)21(15)19-14-17-8-10-18(11-9-17)20-12-3-4-13-20/h8-11,15-16,19H,3-7,12-14H2,1-2H3. The second kappa shape index (κ2) is 6.80. The molecule has 0 radical (unpaired) electrons. The molecule has 0 amide bonds. The summed E-state index contributed by atoms with van der Waals surface area (Å²) in [6.07, 6.45) is 6.67. The van der Waals surface area contributed by atoms with Gasteiger partial charge in [0.1, 0.15) is 0 Å². The highest BCUT2D eigenvalue weighted by Gasteiger charge is 2.24. The Morgan fingerprint density at radius 3 is 2.19 bits per heavy atom. The van der Waals surface area contributed by atoms with Crippen LogP contribution in [-0.2, 0) is 6.54 Å². The molecule has 3 heteroatoms. The van der Waals surface area contributed by atoms with Crippen molar-refractivity contribution in [3.63, 3.8) is 0 Å². The quantitative estimate of drug-likeness (QED) is 0.913. The third kappa shape index (κ3) is 3.58. The lowest BCUT2D eigenvalue weighted by Crippen LogP contribution is -2.51. The third-order valence-corrected chi connectivity index (χ3v) is 5.07. The highest BCUT2D eigenvalue weighted by molar-refractivity contribution is 5.48. The van der Waals surface area contributed by atoms with Gasteiger partial charge in [0.15, 0.2) is 0 Å². The van der Waals surface area contributed by atoms with Crippen molar-refractivity contribution in [2.45, 2.75) is 64.6 Å². The van der Waals surface area contributed by atoms with E-state index in [0.29, 0.717) is 12.1 Å². The normalized spacial score (nSPS) is 27.2. The smallest absolute Gasteiger partial charge is 0.0366 e. The van der Waals surface area contributed by atoms with Crippen LogP contribution < -0.4 is 10.3 Å². The molecule has 1 aromatic rings. The number of piperidine rings is 1. The van der Waals surface area contributed by atoms with Gasteiger partial charge in [-0.25, -0.2) is 5.01 Å². The Bertz CT molecular complexity index is 426. The molecule has 3 rings (SSSR count). The van der Waals surface area contributed by atoms with Crippen LogP contribution in [0.1, 0.15) is 51.5 Å². The van der Waals surface area contributed by atoms with Crippen LogP contribution in [0.25, 0.3) is 0 Å². The van der Waals surface area contributed by atoms with Crippen molar-refractivity contribution in [2.75, 3.05) is 18.0 Å². The van der Waals surface area contributed by atoms with Crippen molar-refractivity contribution in [3.8, 4) is 0 Å². The van der Waals surface area contributed by atoms with Crippen LogP contribution >= 0.6 is 0 Å². The van der Waals surface area contributed by atoms with E-state index in [2.05, 4.69) is 53.4 Å². The average molecular weight is 287 g/mol. The molecular weight excluding hydrogens is 258 g/mol. The first-order valence-corrected chi connectivity index (χ1v) is 8.60. The fourth-order valence-electron chi connectivity index (χ4n) is 3.72. The summed E-state index contributed by atoms with van der Waals surface area (Å²) in [4.78, 5) is 2.49. The molecule has 2 aliphatic rings. The minimum absolute atomic E-state index is 0.651. The lowest BCUT2D eigenvalue weighted by molar-refractivity contribution is 0.0435. The summed E-state index contributed by atoms with van der Waals surface area (Å²) in [7, 11) is 0. The van der Waals surface area contributed by atoms with E-state index in [1.807, 2.05) is 0 Å². The van der Waals surface area contributed by atoms with Gasteiger partial charge in [-0.3, -0.25) is 5.43 Å². The van der Waals surface area contributed by atoms with Gasteiger partial charge in [-0.05, 0) is 57.2 Å². The Morgan fingerprint density at radius 2 is 1.57 bits per heavy atom. The van der Waals surface area contributed by atoms with E-state index >= 15 is 0 Å². The fourth-order valence-corrected chi connectivity index (χ4v) is 3.72. The molecule has 0 aliphatic carbocycles. The topological polar surface area (TPSA) is 18.5 Å². The summed E-state index contributed by atoms with van der Waals surface area (Å²) in [5, 5.41) is 2.46. The zero-order chi connectivity index (χ0) is 14.7. The van der Waals surface area contributed by atoms with Crippen LogP contribution in [0.5, 0.6) is 0 Å². The first kappa shape index (κ1) is 14.9. The Hall–Kier alpha value is -1.06. The molecule has 21 heavy (non-hydrogen) atoms. The molecule has 3 nitrogen and oxygen atoms in total. The SMILES string of the molecule is CC1CCCC(C)N1NCc1ccc(N2CCCC2)cc1. The highest BCUT2D eigenvalue weighted by atomic mass is 15.5. The number of rotatable bonds is 4. The number of anilines is 1. The molecule has 0 aromatic heterocycles. The minimum Gasteiger partial charge on any atom is -0.372 e. The molecule has 2 aliphatic heterocycles. The lowest BCUT2D eigenvalue weighted by Gasteiger charge is -2.39. The summed E-state index contributed by atoms with van der Waals surface area (Å²) in [5.74, 6) is 0. The summed E-state index contributed by atoms with van der Waals surface area (Å²) in [6, 6.07) is 10.4. The van der Waals surface area contributed by atoms with Crippen molar-refractivity contribution in [1.29, 1.82) is 0 Å². The number of hydrogen-bond acceptors (Lipinski definition) is 3. The van der Waals surface area contributed by atoms with Crippen LogP contribution in [0.2, 0.25) is 0 Å². The molecule has 2 unspecified atom stereocenters. The van der Waals surface area contributed by atoms with E-state index in [1.165, 1.54) is 56.4 Å². The molecular formula is C18H29N3. The minimum atomic E-state index is 0.651. The number of hydrazine groups is 1. The summed E-state index contributed by atoms with van der Waals surface area (Å²) < 4.78 is 0. The second-order valence-electron chi connectivity index (χ2n) is 6.73. The van der Waals surface area contributed by atoms with Gasteiger partial charge in [-0.2, -0.15) is 0 Å². The molecule has 2 saturated heterocycles. The van der Waals surface area contributed by atoms with E-state index in [-0.39, 0.29) is 0 Å². The van der Waals surface area contributed by atoms with E-state index in [4.69, 9.17) is 0 Å².